The number of aromatic carboxylic acids is 1. The monoisotopic (exact) mass is 474 g/mol. The zero-order valence-corrected chi connectivity index (χ0v) is 19.7. The van der Waals surface area contributed by atoms with Gasteiger partial charge < -0.3 is 24.6 Å². The highest BCUT2D eigenvalue weighted by Gasteiger charge is 2.53. The van der Waals surface area contributed by atoms with Crippen LogP contribution in [-0.2, 0) is 13.2 Å². The number of aromatic nitrogens is 4. The Bertz CT molecular complexity index is 1200. The second-order valence-corrected chi connectivity index (χ2v) is 10.7. The first kappa shape index (κ1) is 22.0. The van der Waals surface area contributed by atoms with Gasteiger partial charge in [0.15, 0.2) is 5.69 Å². The van der Waals surface area contributed by atoms with Crippen LogP contribution in [0.15, 0.2) is 49.2 Å². The van der Waals surface area contributed by atoms with Gasteiger partial charge in [0, 0.05) is 55.6 Å². The van der Waals surface area contributed by atoms with E-state index in [0.717, 1.165) is 35.9 Å². The first-order valence-electron chi connectivity index (χ1n) is 12.2. The summed E-state index contributed by atoms with van der Waals surface area (Å²) in [5.41, 5.74) is 3.29. The molecule has 2 saturated carbocycles. The van der Waals surface area contributed by atoms with Crippen molar-refractivity contribution in [1.29, 1.82) is 0 Å². The lowest BCUT2D eigenvalue weighted by Gasteiger charge is -2.40. The van der Waals surface area contributed by atoms with E-state index in [4.69, 9.17) is 10.2 Å². The van der Waals surface area contributed by atoms with Gasteiger partial charge in [-0.15, -0.1) is 0 Å². The molecule has 4 aliphatic rings. The Kier molecular flexibility index (Phi) is 5.25. The molecule has 7 rings (SSSR count). The Morgan fingerprint density at radius 2 is 1.37 bits per heavy atom. The maximum absolute atomic E-state index is 10.8. The van der Waals surface area contributed by atoms with Crippen LogP contribution in [0.25, 0.3) is 0 Å². The smallest absolute Gasteiger partial charge is 0.356 e. The lowest BCUT2D eigenvalue weighted by molar-refractivity contribution is 0.0691. The van der Waals surface area contributed by atoms with Crippen molar-refractivity contribution in [1.82, 2.24) is 19.5 Å². The van der Waals surface area contributed by atoms with Crippen LogP contribution in [0.4, 0.5) is 11.6 Å². The minimum Gasteiger partial charge on any atom is -0.476 e. The number of hydrogen-bond donors (Lipinski definition) is 2. The number of hydrogen-bond acceptors (Lipinski definition) is 7. The molecule has 3 aromatic rings. The highest BCUT2D eigenvalue weighted by Crippen LogP contribution is 2.54. The molecule has 0 bridgehead atoms. The van der Waals surface area contributed by atoms with Gasteiger partial charge in [-0.2, -0.15) is 0 Å². The number of anilines is 2. The summed E-state index contributed by atoms with van der Waals surface area (Å²) < 4.78 is 1.75. The summed E-state index contributed by atoms with van der Waals surface area (Å²) in [5.74, 6) is 1.09. The molecule has 0 atom stereocenters. The first-order chi connectivity index (χ1) is 16.9. The van der Waals surface area contributed by atoms with Crippen LogP contribution in [0.3, 0.4) is 0 Å². The van der Waals surface area contributed by atoms with Crippen LogP contribution in [0.2, 0.25) is 0 Å². The zero-order valence-electron chi connectivity index (χ0n) is 19.7. The van der Waals surface area contributed by atoms with E-state index in [1.54, 1.807) is 10.8 Å². The van der Waals surface area contributed by atoms with E-state index in [2.05, 4.69) is 24.8 Å². The predicted octanol–water partition coefficient (Wildman–Crippen LogP) is 2.80. The highest BCUT2D eigenvalue weighted by molar-refractivity contribution is 5.84. The molecule has 5 heterocycles. The summed E-state index contributed by atoms with van der Waals surface area (Å²) in [4.78, 5) is 28.1. The lowest BCUT2D eigenvalue weighted by Crippen LogP contribution is -2.48. The number of rotatable bonds is 6. The van der Waals surface area contributed by atoms with Gasteiger partial charge in [0.25, 0.3) is 0 Å². The molecule has 2 aliphatic heterocycles. The maximum atomic E-state index is 10.8. The van der Waals surface area contributed by atoms with Crippen molar-refractivity contribution < 1.29 is 15.0 Å². The minimum absolute atomic E-state index is 0.0647. The molecular formula is C26H30N6O3. The number of imidazole rings is 1. The number of aliphatic hydroxyl groups is 1. The predicted molar refractivity (Wildman–Crippen MR) is 130 cm³/mol. The summed E-state index contributed by atoms with van der Waals surface area (Å²) in [6.45, 7) is 5.30. The lowest BCUT2D eigenvalue weighted by atomic mass is 9.97. The molecule has 0 amide bonds. The normalized spacial score (nSPS) is 20.0. The Morgan fingerprint density at radius 3 is 1.77 bits per heavy atom. The molecule has 182 valence electrons. The molecule has 0 unspecified atom stereocenters. The third-order valence-electron chi connectivity index (χ3n) is 7.69. The van der Waals surface area contributed by atoms with Crippen LogP contribution in [0, 0.1) is 10.8 Å². The number of carboxylic acids is 1. The Labute approximate surface area is 204 Å². The number of carbonyl (C=O) groups is 1. The van der Waals surface area contributed by atoms with Crippen molar-refractivity contribution in [2.45, 2.75) is 38.8 Å². The van der Waals surface area contributed by atoms with Crippen LogP contribution < -0.4 is 9.80 Å². The van der Waals surface area contributed by atoms with E-state index in [9.17, 15) is 4.79 Å². The van der Waals surface area contributed by atoms with Gasteiger partial charge in [-0.25, -0.2) is 19.7 Å². The fourth-order valence-electron chi connectivity index (χ4n) is 5.00. The van der Waals surface area contributed by atoms with Crippen molar-refractivity contribution in [2.24, 2.45) is 10.8 Å². The van der Waals surface area contributed by atoms with Crippen LogP contribution in [0.5, 0.6) is 0 Å². The van der Waals surface area contributed by atoms with E-state index in [1.807, 2.05) is 30.5 Å². The summed E-state index contributed by atoms with van der Waals surface area (Å²) >= 11 is 0. The van der Waals surface area contributed by atoms with Crippen molar-refractivity contribution in [2.75, 3.05) is 36.0 Å². The molecule has 35 heavy (non-hydrogen) atoms. The Morgan fingerprint density at radius 1 is 0.829 bits per heavy atom. The average Bonchev–Trinajstić information content (AvgIpc) is 3.75. The molecule has 4 fully saturated rings. The van der Waals surface area contributed by atoms with Crippen LogP contribution >= 0.6 is 0 Å². The third kappa shape index (κ3) is 4.60. The fraction of sp³-hybridized carbons (Fsp3) is 0.462. The Hall–Kier alpha value is -3.46. The molecule has 2 spiro atoms. The zero-order chi connectivity index (χ0) is 24.0. The molecule has 0 radical (unpaired) electrons. The average molecular weight is 475 g/mol. The number of nitrogens with zero attached hydrogens (tertiary/aromatic N) is 6. The Balaban J connectivity index is 0.000000141. The maximum Gasteiger partial charge on any atom is 0.356 e. The van der Waals surface area contributed by atoms with Crippen LogP contribution in [0.1, 0.15) is 47.3 Å². The standard InChI is InChI=1S/C15H16N4O2.C11H14N2O/c20-14(21)12-7-18(10-17-12)6-11-1-2-13(16-5-11)19-8-15(9-19)3-4-15;14-6-9-1-2-10(12-5-9)13-7-11(8-13)3-4-11/h1-2,5,7,10H,3-4,6,8-9H2,(H,20,21);1-2,5,14H,3-4,6-8H2. The highest BCUT2D eigenvalue weighted by atomic mass is 16.4. The third-order valence-corrected chi connectivity index (χ3v) is 7.69. The van der Waals surface area contributed by atoms with E-state index in [0.29, 0.717) is 17.4 Å². The van der Waals surface area contributed by atoms with Gasteiger partial charge in [0.05, 0.1) is 19.5 Å². The van der Waals surface area contributed by atoms with Crippen molar-refractivity contribution >= 4 is 17.6 Å². The van der Waals surface area contributed by atoms with Gasteiger partial charge in [-0.1, -0.05) is 12.1 Å². The quantitative estimate of drug-likeness (QED) is 0.562. The summed E-state index contributed by atoms with van der Waals surface area (Å²) in [5, 5.41) is 17.7. The molecule has 0 aromatic carbocycles. The summed E-state index contributed by atoms with van der Waals surface area (Å²) in [6.07, 6.45) is 12.2. The van der Waals surface area contributed by atoms with Gasteiger partial charge in [-0.05, 0) is 48.9 Å². The molecule has 9 nitrogen and oxygen atoms in total. The second-order valence-electron chi connectivity index (χ2n) is 10.7. The van der Waals surface area contributed by atoms with E-state index in [-0.39, 0.29) is 12.3 Å². The number of pyridine rings is 2. The van der Waals surface area contributed by atoms with Gasteiger partial charge >= 0.3 is 5.97 Å². The summed E-state index contributed by atoms with van der Waals surface area (Å²) in [6, 6.07) is 8.03. The SMILES string of the molecule is O=C(O)c1cn(Cc2ccc(N3CC4(CC4)C3)nc2)cn1.OCc1ccc(N2CC3(CC3)C2)nc1. The van der Waals surface area contributed by atoms with Gasteiger partial charge in [-0.3, -0.25) is 0 Å². The molecule has 2 saturated heterocycles. The molecule has 2 aliphatic carbocycles. The van der Waals surface area contributed by atoms with E-state index < -0.39 is 5.97 Å². The van der Waals surface area contributed by atoms with E-state index in [1.165, 1.54) is 51.3 Å². The molecular weight excluding hydrogens is 444 g/mol. The second kappa shape index (κ2) is 8.34. The largest absolute Gasteiger partial charge is 0.476 e. The molecule has 2 N–H and O–H groups in total. The van der Waals surface area contributed by atoms with Crippen molar-refractivity contribution in [3.8, 4) is 0 Å². The minimum atomic E-state index is -1.01. The number of aliphatic hydroxyl groups excluding tert-OH is 1. The van der Waals surface area contributed by atoms with E-state index >= 15 is 0 Å². The van der Waals surface area contributed by atoms with Crippen molar-refractivity contribution in [3.63, 3.8) is 0 Å². The number of carboxylic acid groups (broad SMARTS) is 1. The topological polar surface area (TPSA) is 108 Å². The fourth-order valence-corrected chi connectivity index (χ4v) is 5.00. The van der Waals surface area contributed by atoms with Crippen molar-refractivity contribution in [3.05, 3.63) is 66.0 Å². The van der Waals surface area contributed by atoms with Crippen LogP contribution in [-0.4, -0.2) is 61.9 Å². The molecule has 9 heteroatoms. The summed E-state index contributed by atoms with van der Waals surface area (Å²) in [7, 11) is 0. The molecule has 3 aromatic heterocycles. The van der Waals surface area contributed by atoms with Gasteiger partial charge in [0.1, 0.15) is 11.6 Å². The first-order valence-corrected chi connectivity index (χ1v) is 12.2. The van der Waals surface area contributed by atoms with Gasteiger partial charge in [0.2, 0.25) is 0 Å².